The zero-order valence-corrected chi connectivity index (χ0v) is 16.1. The minimum atomic E-state index is -3.92. The number of benzene rings is 1. The highest BCUT2D eigenvalue weighted by atomic mass is 32.2. The summed E-state index contributed by atoms with van der Waals surface area (Å²) in [5.74, 6) is -1.35. The quantitative estimate of drug-likeness (QED) is 0.510. The number of carbonyl (C=O) groups is 2. The van der Waals surface area contributed by atoms with Crippen molar-refractivity contribution in [3.63, 3.8) is 0 Å². The van der Waals surface area contributed by atoms with Crippen molar-refractivity contribution in [2.75, 3.05) is 20.8 Å². The van der Waals surface area contributed by atoms with Crippen LogP contribution in [0.3, 0.4) is 0 Å². The molecule has 0 spiro atoms. The normalized spacial score (nSPS) is 16.3. The van der Waals surface area contributed by atoms with Gasteiger partial charge in [0.15, 0.2) is 6.61 Å². The second kappa shape index (κ2) is 8.04. The summed E-state index contributed by atoms with van der Waals surface area (Å²) in [7, 11) is -1.50. The van der Waals surface area contributed by atoms with Gasteiger partial charge in [-0.25, -0.2) is 13.2 Å². The van der Waals surface area contributed by atoms with Crippen LogP contribution < -0.4 is 5.32 Å². The van der Waals surface area contributed by atoms with E-state index in [1.165, 1.54) is 32.4 Å². The number of carbonyl (C=O) groups excluding carboxylic acids is 2. The Morgan fingerprint density at radius 1 is 1.41 bits per heavy atom. The summed E-state index contributed by atoms with van der Waals surface area (Å²) in [5, 5.41) is 11.8. The minimum absolute atomic E-state index is 0.0291. The molecule has 0 radical (unpaired) electrons. The van der Waals surface area contributed by atoms with Crippen molar-refractivity contribution in [2.45, 2.75) is 30.2 Å². The molecule has 10 heteroatoms. The maximum atomic E-state index is 12.2. The monoisotopic (exact) mass is 395 g/mol. The van der Waals surface area contributed by atoms with Crippen LogP contribution >= 0.6 is 0 Å². The van der Waals surface area contributed by atoms with E-state index in [1.807, 2.05) is 0 Å². The molecule has 146 valence electrons. The fourth-order valence-corrected chi connectivity index (χ4v) is 3.47. The fraction of sp³-hybridized carbons (Fsp3) is 0.471. The van der Waals surface area contributed by atoms with E-state index < -0.39 is 34.0 Å². The lowest BCUT2D eigenvalue weighted by molar-refractivity contribution is -0.125. The molecule has 1 aliphatic carbocycles. The van der Waals surface area contributed by atoms with Crippen molar-refractivity contribution < 1.29 is 27.6 Å². The molecule has 1 saturated carbocycles. The smallest absolute Gasteiger partial charge is 0.338 e. The molecular weight excluding hydrogens is 374 g/mol. The Balaban J connectivity index is 2.01. The minimum Gasteiger partial charge on any atom is -0.452 e. The molecule has 1 fully saturated rings. The molecule has 1 atom stereocenters. The average Bonchev–Trinajstić information content (AvgIpc) is 3.51. The molecule has 0 bridgehead atoms. The van der Waals surface area contributed by atoms with Gasteiger partial charge in [0, 0.05) is 7.05 Å². The first kappa shape index (κ1) is 20.8. The molecule has 1 amide bonds. The maximum absolute atomic E-state index is 12.2. The number of hydroxylamine groups is 1. The topological polar surface area (TPSA) is 126 Å². The van der Waals surface area contributed by atoms with Crippen molar-refractivity contribution >= 4 is 21.9 Å². The molecule has 0 heterocycles. The molecule has 0 aliphatic heterocycles. The van der Waals surface area contributed by atoms with Crippen LogP contribution in [0.5, 0.6) is 0 Å². The van der Waals surface area contributed by atoms with E-state index in [0.717, 1.165) is 18.9 Å². The molecule has 0 saturated heterocycles. The van der Waals surface area contributed by atoms with E-state index >= 15 is 0 Å². The predicted molar refractivity (Wildman–Crippen MR) is 93.6 cm³/mol. The summed E-state index contributed by atoms with van der Waals surface area (Å²) in [6.07, 6.45) is 1.72. The number of hydrogen-bond acceptors (Lipinski definition) is 7. The highest BCUT2D eigenvalue weighted by molar-refractivity contribution is 7.89. The third-order valence-electron chi connectivity index (χ3n) is 4.32. The number of sulfonamides is 1. The SMILES string of the molecule is CON(C)S(=O)(=O)c1cccc(C(=O)OCC(=O)N[C@](C)(C#N)C2CC2)c1. The highest BCUT2D eigenvalue weighted by Gasteiger charge is 2.43. The molecule has 9 nitrogen and oxygen atoms in total. The highest BCUT2D eigenvalue weighted by Crippen LogP contribution is 2.39. The Kier molecular flexibility index (Phi) is 6.20. The van der Waals surface area contributed by atoms with Gasteiger partial charge in [-0.2, -0.15) is 5.26 Å². The molecule has 1 aliphatic rings. The van der Waals surface area contributed by atoms with Crippen molar-refractivity contribution in [3.8, 4) is 6.07 Å². The van der Waals surface area contributed by atoms with E-state index in [9.17, 15) is 23.3 Å². The molecular formula is C17H21N3O6S. The lowest BCUT2D eigenvalue weighted by Crippen LogP contribution is -2.48. The van der Waals surface area contributed by atoms with Crippen LogP contribution in [0.25, 0.3) is 0 Å². The first-order chi connectivity index (χ1) is 12.6. The Hall–Kier alpha value is -2.48. The van der Waals surface area contributed by atoms with Crippen LogP contribution in [0.15, 0.2) is 29.2 Å². The van der Waals surface area contributed by atoms with Gasteiger partial charge in [-0.05, 0) is 43.9 Å². The van der Waals surface area contributed by atoms with Crippen LogP contribution in [0.2, 0.25) is 0 Å². The summed E-state index contributed by atoms with van der Waals surface area (Å²) in [6.45, 7) is 1.06. The maximum Gasteiger partial charge on any atom is 0.338 e. The zero-order valence-electron chi connectivity index (χ0n) is 15.3. The summed E-state index contributed by atoms with van der Waals surface area (Å²) in [6, 6.07) is 7.27. The van der Waals surface area contributed by atoms with Crippen LogP contribution in [0, 0.1) is 17.2 Å². The summed E-state index contributed by atoms with van der Waals surface area (Å²) < 4.78 is 30.0. The number of hydrogen-bond donors (Lipinski definition) is 1. The van der Waals surface area contributed by atoms with E-state index in [1.54, 1.807) is 6.92 Å². The van der Waals surface area contributed by atoms with Gasteiger partial charge >= 0.3 is 5.97 Å². The van der Waals surface area contributed by atoms with Gasteiger partial charge in [0.05, 0.1) is 23.6 Å². The first-order valence-corrected chi connectivity index (χ1v) is 9.60. The zero-order chi connectivity index (χ0) is 20.2. The van der Waals surface area contributed by atoms with Gasteiger partial charge in [0.25, 0.3) is 15.9 Å². The van der Waals surface area contributed by atoms with Crippen molar-refractivity contribution in [1.29, 1.82) is 5.26 Å². The third-order valence-corrected chi connectivity index (χ3v) is 6.00. The van der Waals surface area contributed by atoms with Crippen molar-refractivity contribution in [3.05, 3.63) is 29.8 Å². The number of ether oxygens (including phenoxy) is 1. The number of amides is 1. The van der Waals surface area contributed by atoms with Gasteiger partial charge in [-0.3, -0.25) is 9.63 Å². The molecule has 0 unspecified atom stereocenters. The van der Waals surface area contributed by atoms with Crippen LogP contribution in [0.1, 0.15) is 30.1 Å². The molecule has 1 aromatic rings. The third kappa shape index (κ3) is 4.82. The Labute approximate surface area is 157 Å². The van der Waals surface area contributed by atoms with Crippen LogP contribution in [0.4, 0.5) is 0 Å². The predicted octanol–water partition coefficient (Wildman–Crippen LogP) is 0.834. The van der Waals surface area contributed by atoms with Gasteiger partial charge in [0.1, 0.15) is 5.54 Å². The van der Waals surface area contributed by atoms with E-state index in [-0.39, 0.29) is 16.4 Å². The van der Waals surface area contributed by atoms with Gasteiger partial charge in [0.2, 0.25) is 0 Å². The number of rotatable bonds is 8. The number of nitriles is 1. The van der Waals surface area contributed by atoms with E-state index in [4.69, 9.17) is 4.74 Å². The Morgan fingerprint density at radius 3 is 2.63 bits per heavy atom. The molecule has 1 N–H and O–H groups in total. The van der Waals surface area contributed by atoms with Crippen LogP contribution in [-0.4, -0.2) is 51.1 Å². The van der Waals surface area contributed by atoms with Gasteiger partial charge in [-0.1, -0.05) is 10.5 Å². The number of nitrogens with zero attached hydrogens (tertiary/aromatic N) is 2. The standard InChI is InChI=1S/C17H21N3O6S/c1-17(11-18,13-7-8-13)19-15(21)10-26-16(22)12-5-4-6-14(9-12)27(23,24)20(2)25-3/h4-6,9,13H,7-8,10H2,1-3H3,(H,19,21)/t17-/m1/s1. The van der Waals surface area contributed by atoms with E-state index in [2.05, 4.69) is 16.2 Å². The first-order valence-electron chi connectivity index (χ1n) is 8.16. The summed E-state index contributed by atoms with van der Waals surface area (Å²) >= 11 is 0. The molecule has 2 rings (SSSR count). The number of esters is 1. The van der Waals surface area contributed by atoms with E-state index in [0.29, 0.717) is 4.47 Å². The van der Waals surface area contributed by atoms with Crippen molar-refractivity contribution in [2.24, 2.45) is 5.92 Å². The second-order valence-electron chi connectivity index (χ2n) is 6.34. The lowest BCUT2D eigenvalue weighted by Gasteiger charge is -2.22. The second-order valence-corrected chi connectivity index (χ2v) is 8.27. The summed E-state index contributed by atoms with van der Waals surface area (Å²) in [5.41, 5.74) is -1.01. The fourth-order valence-electron chi connectivity index (χ4n) is 2.45. The Bertz CT molecular complexity index is 875. The van der Waals surface area contributed by atoms with Crippen LogP contribution in [-0.2, 0) is 24.4 Å². The Morgan fingerprint density at radius 2 is 2.07 bits per heavy atom. The number of nitrogens with one attached hydrogen (secondary N) is 1. The summed E-state index contributed by atoms with van der Waals surface area (Å²) in [4.78, 5) is 28.6. The molecule has 1 aromatic carbocycles. The van der Waals surface area contributed by atoms with Gasteiger partial charge < -0.3 is 10.1 Å². The van der Waals surface area contributed by atoms with Crippen molar-refractivity contribution in [1.82, 2.24) is 9.79 Å². The molecule has 27 heavy (non-hydrogen) atoms. The van der Waals surface area contributed by atoms with Gasteiger partial charge in [-0.15, -0.1) is 0 Å². The largest absolute Gasteiger partial charge is 0.452 e. The molecule has 0 aromatic heterocycles. The lowest BCUT2D eigenvalue weighted by atomic mass is 9.98. The average molecular weight is 395 g/mol.